The Morgan fingerprint density at radius 3 is 2.11 bits per heavy atom. The summed E-state index contributed by atoms with van der Waals surface area (Å²) >= 11 is 0. The van der Waals surface area contributed by atoms with E-state index in [2.05, 4.69) is 5.32 Å². The van der Waals surface area contributed by atoms with Crippen molar-refractivity contribution in [1.29, 1.82) is 0 Å². The molecule has 0 spiro atoms. The predicted molar refractivity (Wildman–Crippen MR) is 100 cm³/mol. The zero-order valence-electron chi connectivity index (χ0n) is 14.7. The van der Waals surface area contributed by atoms with Crippen LogP contribution in [-0.2, 0) is 14.8 Å². The maximum absolute atomic E-state index is 12.5. The second-order valence-electron chi connectivity index (χ2n) is 6.36. The largest absolute Gasteiger partial charge is 0.368 e. The Balaban J connectivity index is 1.76. The monoisotopic (exact) mass is 387 g/mol. The highest BCUT2D eigenvalue weighted by Crippen LogP contribution is 2.21. The molecule has 3 rings (SSSR count). The molecule has 0 aromatic heterocycles. The number of nitrogens with one attached hydrogen (secondary N) is 1. The first-order valence-electron chi connectivity index (χ1n) is 8.65. The molecule has 0 bridgehead atoms. The van der Waals surface area contributed by atoms with Gasteiger partial charge in [-0.25, -0.2) is 8.42 Å². The molecule has 1 aliphatic heterocycles. The number of primary amides is 1. The molecule has 1 unspecified atom stereocenters. The van der Waals surface area contributed by atoms with E-state index in [0.717, 1.165) is 12.8 Å². The van der Waals surface area contributed by atoms with Crippen LogP contribution in [0.3, 0.4) is 0 Å². The lowest BCUT2D eigenvalue weighted by atomic mass is 10.1. The van der Waals surface area contributed by atoms with Crippen LogP contribution >= 0.6 is 0 Å². The van der Waals surface area contributed by atoms with Gasteiger partial charge in [-0.1, -0.05) is 30.3 Å². The number of nitrogens with two attached hydrogens (primary N) is 1. The molecule has 0 aliphatic carbocycles. The number of benzene rings is 2. The van der Waals surface area contributed by atoms with Crippen LogP contribution in [0.2, 0.25) is 0 Å². The molecular weight excluding hydrogens is 366 g/mol. The summed E-state index contributed by atoms with van der Waals surface area (Å²) in [5.74, 6) is -1.18. The van der Waals surface area contributed by atoms with E-state index in [1.54, 1.807) is 30.3 Å². The summed E-state index contributed by atoms with van der Waals surface area (Å²) in [5, 5.41) is 2.59. The Morgan fingerprint density at radius 1 is 0.963 bits per heavy atom. The fraction of sp³-hybridized carbons (Fsp3) is 0.263. The average Bonchev–Trinajstić information content (AvgIpc) is 3.22. The number of sulfonamides is 1. The van der Waals surface area contributed by atoms with E-state index in [1.807, 2.05) is 0 Å². The van der Waals surface area contributed by atoms with Crippen molar-refractivity contribution in [3.8, 4) is 0 Å². The molecule has 2 aromatic rings. The summed E-state index contributed by atoms with van der Waals surface area (Å²) in [6, 6.07) is 13.4. The Kier molecular flexibility index (Phi) is 5.57. The van der Waals surface area contributed by atoms with Gasteiger partial charge in [-0.15, -0.1) is 0 Å². The molecule has 1 atom stereocenters. The molecule has 27 heavy (non-hydrogen) atoms. The van der Waals surface area contributed by atoms with Crippen LogP contribution < -0.4 is 11.1 Å². The van der Waals surface area contributed by atoms with Crippen molar-refractivity contribution in [1.82, 2.24) is 9.62 Å². The first-order chi connectivity index (χ1) is 12.9. The van der Waals surface area contributed by atoms with Crippen molar-refractivity contribution >= 4 is 21.8 Å². The topological polar surface area (TPSA) is 110 Å². The van der Waals surface area contributed by atoms with E-state index in [1.165, 1.54) is 28.6 Å². The number of carbonyl (C=O) groups is 2. The molecule has 1 fully saturated rings. The smallest absolute Gasteiger partial charge is 0.252 e. The van der Waals surface area contributed by atoms with Gasteiger partial charge in [-0.2, -0.15) is 4.31 Å². The van der Waals surface area contributed by atoms with Gasteiger partial charge in [0.1, 0.15) is 6.04 Å². The van der Waals surface area contributed by atoms with E-state index in [9.17, 15) is 18.0 Å². The van der Waals surface area contributed by atoms with E-state index < -0.39 is 27.9 Å². The third-order valence-electron chi connectivity index (χ3n) is 4.51. The van der Waals surface area contributed by atoms with Crippen LogP contribution in [-0.4, -0.2) is 37.6 Å². The Labute approximate surface area is 158 Å². The van der Waals surface area contributed by atoms with Gasteiger partial charge in [0.15, 0.2) is 0 Å². The van der Waals surface area contributed by atoms with Gasteiger partial charge < -0.3 is 11.1 Å². The summed E-state index contributed by atoms with van der Waals surface area (Å²) in [6.45, 7) is 1.03. The highest BCUT2D eigenvalue weighted by molar-refractivity contribution is 7.89. The number of rotatable bonds is 6. The maximum atomic E-state index is 12.5. The molecule has 1 aliphatic rings. The molecule has 7 nitrogen and oxygen atoms in total. The van der Waals surface area contributed by atoms with Gasteiger partial charge >= 0.3 is 0 Å². The quantitative estimate of drug-likeness (QED) is 0.781. The summed E-state index contributed by atoms with van der Waals surface area (Å²) in [5.41, 5.74) is 6.23. The van der Waals surface area contributed by atoms with Crippen LogP contribution in [0.5, 0.6) is 0 Å². The van der Waals surface area contributed by atoms with Crippen molar-refractivity contribution in [3.63, 3.8) is 0 Å². The number of carbonyl (C=O) groups excluding carboxylic acids is 2. The van der Waals surface area contributed by atoms with Gasteiger partial charge in [-0.05, 0) is 42.7 Å². The molecule has 1 heterocycles. The number of hydrogen-bond donors (Lipinski definition) is 2. The molecule has 2 amide bonds. The van der Waals surface area contributed by atoms with Crippen LogP contribution in [0.15, 0.2) is 59.5 Å². The molecular formula is C19H21N3O4S. The van der Waals surface area contributed by atoms with Crippen LogP contribution in [0.25, 0.3) is 0 Å². The molecule has 0 radical (unpaired) electrons. The lowest BCUT2D eigenvalue weighted by Crippen LogP contribution is -2.37. The molecule has 2 aromatic carbocycles. The van der Waals surface area contributed by atoms with Gasteiger partial charge in [0, 0.05) is 18.7 Å². The van der Waals surface area contributed by atoms with Crippen molar-refractivity contribution in [3.05, 3.63) is 65.7 Å². The fourth-order valence-corrected chi connectivity index (χ4v) is 4.55. The predicted octanol–water partition coefficient (Wildman–Crippen LogP) is 1.43. The Morgan fingerprint density at radius 2 is 1.56 bits per heavy atom. The third-order valence-corrected chi connectivity index (χ3v) is 6.43. The minimum Gasteiger partial charge on any atom is -0.368 e. The summed E-state index contributed by atoms with van der Waals surface area (Å²) in [7, 11) is -3.53. The number of hydrogen-bond acceptors (Lipinski definition) is 4. The van der Waals surface area contributed by atoms with Gasteiger partial charge in [-0.3, -0.25) is 9.59 Å². The first-order valence-corrected chi connectivity index (χ1v) is 10.1. The zero-order chi connectivity index (χ0) is 19.4. The van der Waals surface area contributed by atoms with E-state index >= 15 is 0 Å². The molecule has 142 valence electrons. The van der Waals surface area contributed by atoms with Crippen molar-refractivity contribution in [2.45, 2.75) is 23.8 Å². The highest BCUT2D eigenvalue weighted by Gasteiger charge is 2.27. The minimum absolute atomic E-state index is 0.149. The lowest BCUT2D eigenvalue weighted by Gasteiger charge is -2.17. The minimum atomic E-state index is -3.53. The number of nitrogens with zero attached hydrogens (tertiary/aromatic N) is 1. The van der Waals surface area contributed by atoms with Gasteiger partial charge in [0.2, 0.25) is 15.9 Å². The maximum Gasteiger partial charge on any atom is 0.252 e. The SMILES string of the molecule is NC(=O)C(NC(=O)c1ccc(S(=O)(=O)N2CCCC2)cc1)c1ccccc1. The fourth-order valence-electron chi connectivity index (χ4n) is 3.03. The Hall–Kier alpha value is -2.71. The van der Waals surface area contributed by atoms with Crippen molar-refractivity contribution in [2.24, 2.45) is 5.73 Å². The second kappa shape index (κ2) is 7.89. The highest BCUT2D eigenvalue weighted by atomic mass is 32.2. The van der Waals surface area contributed by atoms with Crippen LogP contribution in [0.1, 0.15) is 34.8 Å². The summed E-state index contributed by atoms with van der Waals surface area (Å²) in [4.78, 5) is 24.3. The average molecular weight is 387 g/mol. The van der Waals surface area contributed by atoms with E-state index in [0.29, 0.717) is 18.7 Å². The van der Waals surface area contributed by atoms with Crippen molar-refractivity contribution in [2.75, 3.05) is 13.1 Å². The molecule has 3 N–H and O–H groups in total. The first kappa shape index (κ1) is 19.1. The lowest BCUT2D eigenvalue weighted by molar-refractivity contribution is -0.120. The summed E-state index contributed by atoms with van der Waals surface area (Å²) < 4.78 is 26.5. The van der Waals surface area contributed by atoms with E-state index in [4.69, 9.17) is 5.73 Å². The third kappa shape index (κ3) is 4.17. The van der Waals surface area contributed by atoms with E-state index in [-0.39, 0.29) is 10.5 Å². The van der Waals surface area contributed by atoms with Crippen LogP contribution in [0, 0.1) is 0 Å². The van der Waals surface area contributed by atoms with Gasteiger partial charge in [0.25, 0.3) is 5.91 Å². The summed E-state index contributed by atoms with van der Waals surface area (Å²) in [6.07, 6.45) is 1.71. The second-order valence-corrected chi connectivity index (χ2v) is 8.29. The molecule has 8 heteroatoms. The number of amides is 2. The Bertz CT molecular complexity index is 921. The normalized spacial score (nSPS) is 16.0. The molecule has 1 saturated heterocycles. The standard InChI is InChI=1S/C19H21N3O4S/c20-18(23)17(14-6-2-1-3-7-14)21-19(24)15-8-10-16(11-9-15)27(25,26)22-12-4-5-13-22/h1-3,6-11,17H,4-5,12-13H2,(H2,20,23)(H,21,24). The van der Waals surface area contributed by atoms with Gasteiger partial charge in [0.05, 0.1) is 4.90 Å². The van der Waals surface area contributed by atoms with Crippen molar-refractivity contribution < 1.29 is 18.0 Å². The van der Waals surface area contributed by atoms with Crippen LogP contribution in [0.4, 0.5) is 0 Å². The zero-order valence-corrected chi connectivity index (χ0v) is 15.5. The molecule has 0 saturated carbocycles.